The number of hydrogen-bond donors (Lipinski definition) is 2. The van der Waals surface area contributed by atoms with Gasteiger partial charge in [-0.2, -0.15) is 0 Å². The highest BCUT2D eigenvalue weighted by Gasteiger charge is 2.54. The second kappa shape index (κ2) is 8.69. The Morgan fingerprint density at radius 1 is 0.971 bits per heavy atom. The van der Waals surface area contributed by atoms with Crippen molar-refractivity contribution in [3.05, 3.63) is 108 Å². The molecule has 0 radical (unpaired) electrons. The van der Waals surface area contributed by atoms with E-state index in [1.807, 2.05) is 83.6 Å². The molecule has 3 N–H and O–H groups in total. The average Bonchev–Trinajstić information content (AvgIpc) is 3.33. The van der Waals surface area contributed by atoms with Crippen molar-refractivity contribution in [2.75, 3.05) is 0 Å². The number of hydrazine groups is 1. The maximum absolute atomic E-state index is 14.1. The largest absolute Gasteiger partial charge is 0.477 e. The van der Waals surface area contributed by atoms with Gasteiger partial charge in [0.25, 0.3) is 11.6 Å². The fourth-order valence-corrected chi connectivity index (χ4v) is 4.89. The summed E-state index contributed by atoms with van der Waals surface area (Å²) in [4.78, 5) is 27.0. The second-order valence-electron chi connectivity index (χ2n) is 9.12. The predicted molar refractivity (Wildman–Crippen MR) is 132 cm³/mol. The van der Waals surface area contributed by atoms with E-state index in [0.29, 0.717) is 12.8 Å². The SMILES string of the molecule is CC1(CCc2ccccc2)C(=O)N(N)C(OCc2ccccc2)(C(=O)O)c2ccc3c(ccn31)c2. The van der Waals surface area contributed by atoms with E-state index in [0.717, 1.165) is 27.0 Å². The van der Waals surface area contributed by atoms with Gasteiger partial charge in [0.15, 0.2) is 0 Å². The summed E-state index contributed by atoms with van der Waals surface area (Å²) >= 11 is 0. The van der Waals surface area contributed by atoms with Crippen LogP contribution in [0.15, 0.2) is 91.1 Å². The lowest BCUT2D eigenvalue weighted by Crippen LogP contribution is -2.64. The van der Waals surface area contributed by atoms with Crippen molar-refractivity contribution in [1.82, 2.24) is 9.58 Å². The minimum absolute atomic E-state index is 0.0362. The van der Waals surface area contributed by atoms with Gasteiger partial charge in [0.2, 0.25) is 0 Å². The van der Waals surface area contributed by atoms with Gasteiger partial charge in [0.05, 0.1) is 6.61 Å². The lowest BCUT2D eigenvalue weighted by Gasteiger charge is -2.41. The number of rotatable bonds is 7. The first kappa shape index (κ1) is 22.8. The van der Waals surface area contributed by atoms with Gasteiger partial charge in [-0.1, -0.05) is 66.7 Å². The predicted octanol–water partition coefficient (Wildman–Crippen LogP) is 4.16. The number of carboxylic acids is 1. The number of carbonyl (C=O) groups is 2. The Morgan fingerprint density at radius 2 is 1.63 bits per heavy atom. The molecule has 3 aromatic carbocycles. The average molecular weight is 470 g/mol. The molecular weight excluding hydrogens is 442 g/mol. The van der Waals surface area contributed by atoms with Crippen molar-refractivity contribution >= 4 is 22.8 Å². The Hall–Kier alpha value is -3.94. The van der Waals surface area contributed by atoms with Crippen molar-refractivity contribution in [3.8, 4) is 0 Å². The molecule has 35 heavy (non-hydrogen) atoms. The number of nitrogens with zero attached hydrogens (tertiary/aromatic N) is 2. The number of carbonyl (C=O) groups excluding carboxylic acids is 1. The molecule has 2 aliphatic rings. The maximum Gasteiger partial charge on any atom is 0.364 e. The Labute approximate surface area is 203 Å². The van der Waals surface area contributed by atoms with Gasteiger partial charge >= 0.3 is 5.97 Å². The first-order valence-electron chi connectivity index (χ1n) is 11.5. The Morgan fingerprint density at radius 3 is 2.29 bits per heavy atom. The van der Waals surface area contributed by atoms with Crippen LogP contribution in [0.1, 0.15) is 30.0 Å². The molecule has 0 spiro atoms. The van der Waals surface area contributed by atoms with Crippen LogP contribution in [0.25, 0.3) is 10.9 Å². The fraction of sp³-hybridized carbons (Fsp3) is 0.214. The summed E-state index contributed by atoms with van der Waals surface area (Å²) < 4.78 is 7.97. The standard InChI is InChI=1S/C28H27N3O4/c1-27(16-14-20-8-4-2-5-9-20)25(32)31(29)28(26(33)34,35-19-21-10-6-3-7-11-21)23-12-13-24-22(18-23)15-17-30(24)27/h2-13,15,17-18H,14,16,19,29H2,1H3,(H,33,34). The van der Waals surface area contributed by atoms with E-state index in [4.69, 9.17) is 10.6 Å². The van der Waals surface area contributed by atoms with E-state index >= 15 is 0 Å². The zero-order valence-electron chi connectivity index (χ0n) is 19.4. The summed E-state index contributed by atoms with van der Waals surface area (Å²) in [6.45, 7) is 1.77. The van der Waals surface area contributed by atoms with E-state index in [2.05, 4.69) is 0 Å². The van der Waals surface area contributed by atoms with Crippen molar-refractivity contribution in [2.24, 2.45) is 5.84 Å². The van der Waals surface area contributed by atoms with Crippen LogP contribution in [0, 0.1) is 0 Å². The number of ether oxygens (including phenoxy) is 1. The van der Waals surface area contributed by atoms with Crippen molar-refractivity contribution in [1.29, 1.82) is 0 Å². The zero-order chi connectivity index (χ0) is 24.6. The number of aliphatic carboxylic acids is 1. The minimum Gasteiger partial charge on any atom is -0.477 e. The molecule has 2 aliphatic heterocycles. The monoisotopic (exact) mass is 469 g/mol. The number of hydrogen-bond acceptors (Lipinski definition) is 4. The van der Waals surface area contributed by atoms with Crippen LogP contribution in [0.3, 0.4) is 0 Å². The number of amides is 1. The summed E-state index contributed by atoms with van der Waals surface area (Å²) in [7, 11) is 0. The zero-order valence-corrected chi connectivity index (χ0v) is 19.4. The molecule has 1 amide bonds. The van der Waals surface area contributed by atoms with Crippen molar-refractivity contribution in [2.45, 2.75) is 37.6 Å². The summed E-state index contributed by atoms with van der Waals surface area (Å²) in [5, 5.41) is 12.1. The van der Waals surface area contributed by atoms with Gasteiger partial charge in [-0.25, -0.2) is 15.6 Å². The molecule has 0 saturated heterocycles. The quantitative estimate of drug-likeness (QED) is 0.313. The van der Waals surface area contributed by atoms with Crippen molar-refractivity contribution in [3.63, 3.8) is 0 Å². The molecule has 7 nitrogen and oxygen atoms in total. The normalized spacial score (nSPS) is 21.8. The number of aromatic nitrogens is 1. The molecule has 3 heterocycles. The summed E-state index contributed by atoms with van der Waals surface area (Å²) in [6.07, 6.45) is 2.89. The highest BCUT2D eigenvalue weighted by atomic mass is 16.5. The summed E-state index contributed by atoms with van der Waals surface area (Å²) in [5.74, 6) is 4.56. The van der Waals surface area contributed by atoms with Crippen LogP contribution in [-0.4, -0.2) is 26.6 Å². The van der Waals surface area contributed by atoms with E-state index in [1.165, 1.54) is 0 Å². The maximum atomic E-state index is 14.1. The number of benzene rings is 3. The topological polar surface area (TPSA) is 97.8 Å². The second-order valence-corrected chi connectivity index (χ2v) is 9.12. The third-order valence-corrected chi connectivity index (χ3v) is 6.96. The number of nitrogens with two attached hydrogens (primary N) is 1. The summed E-state index contributed by atoms with van der Waals surface area (Å²) in [5.41, 5.74) is -0.383. The van der Waals surface area contributed by atoms with Crippen LogP contribution in [0.2, 0.25) is 0 Å². The van der Waals surface area contributed by atoms with Gasteiger partial charge in [0, 0.05) is 22.7 Å². The number of aryl methyl sites for hydroxylation is 1. The molecule has 0 saturated carbocycles. The smallest absolute Gasteiger partial charge is 0.364 e. The minimum atomic E-state index is -2.20. The highest BCUT2D eigenvalue weighted by Crippen LogP contribution is 2.40. The van der Waals surface area contributed by atoms with E-state index in [-0.39, 0.29) is 12.2 Å². The summed E-state index contributed by atoms with van der Waals surface area (Å²) in [6, 6.07) is 26.2. The number of carboxylic acid groups (broad SMARTS) is 1. The Bertz CT molecular complexity index is 1390. The van der Waals surface area contributed by atoms with Crippen LogP contribution in [0.4, 0.5) is 0 Å². The molecule has 178 valence electrons. The molecule has 4 aromatic rings. The molecule has 1 aromatic heterocycles. The van der Waals surface area contributed by atoms with Crippen LogP contribution in [0.5, 0.6) is 0 Å². The molecule has 2 unspecified atom stereocenters. The Kier molecular flexibility index (Phi) is 5.67. The molecule has 4 bridgehead atoms. The van der Waals surface area contributed by atoms with Gasteiger partial charge in [-0.05, 0) is 49.1 Å². The van der Waals surface area contributed by atoms with Crippen LogP contribution in [-0.2, 0) is 38.6 Å². The molecule has 2 atom stereocenters. The molecular formula is C28H27N3O4. The number of fused-ring (bicyclic) bond motifs is 4. The molecule has 0 fully saturated rings. The first-order chi connectivity index (χ1) is 16.9. The van der Waals surface area contributed by atoms with E-state index < -0.39 is 23.1 Å². The third kappa shape index (κ3) is 3.69. The van der Waals surface area contributed by atoms with Gasteiger partial charge in [0.1, 0.15) is 5.54 Å². The third-order valence-electron chi connectivity index (χ3n) is 6.96. The van der Waals surface area contributed by atoms with E-state index in [9.17, 15) is 14.7 Å². The Balaban J connectivity index is 1.63. The van der Waals surface area contributed by atoms with Crippen LogP contribution >= 0.6 is 0 Å². The van der Waals surface area contributed by atoms with E-state index in [1.54, 1.807) is 19.1 Å². The van der Waals surface area contributed by atoms with Gasteiger partial charge < -0.3 is 14.4 Å². The van der Waals surface area contributed by atoms with Crippen LogP contribution < -0.4 is 5.84 Å². The molecule has 0 aliphatic carbocycles. The first-order valence-corrected chi connectivity index (χ1v) is 11.5. The lowest BCUT2D eigenvalue weighted by atomic mass is 9.90. The highest BCUT2D eigenvalue weighted by molar-refractivity contribution is 5.94. The molecule has 6 rings (SSSR count). The van der Waals surface area contributed by atoms with Gasteiger partial charge in [-0.15, -0.1) is 0 Å². The fourth-order valence-electron chi connectivity index (χ4n) is 4.89. The molecule has 7 heteroatoms. The lowest BCUT2D eigenvalue weighted by molar-refractivity contribution is -0.213. The van der Waals surface area contributed by atoms with Gasteiger partial charge in [-0.3, -0.25) is 4.79 Å². The van der Waals surface area contributed by atoms with Crippen molar-refractivity contribution < 1.29 is 19.4 Å².